The molecule has 0 aromatic carbocycles. The molecule has 16 heavy (non-hydrogen) atoms. The molecule has 0 atom stereocenters. The lowest BCUT2D eigenvalue weighted by Gasteiger charge is -2.04. The normalized spacial score (nSPS) is 10.4. The summed E-state index contributed by atoms with van der Waals surface area (Å²) in [5, 5.41) is 7.52. The topological polar surface area (TPSA) is 81.7 Å². The van der Waals surface area contributed by atoms with Gasteiger partial charge in [0, 0.05) is 18.8 Å². The third-order valence-corrected chi connectivity index (χ3v) is 2.08. The average Bonchev–Trinajstić information content (AvgIpc) is 2.60. The van der Waals surface area contributed by atoms with Gasteiger partial charge in [-0.3, -0.25) is 4.68 Å². The van der Waals surface area contributed by atoms with Gasteiger partial charge in [-0.1, -0.05) is 11.6 Å². The summed E-state index contributed by atoms with van der Waals surface area (Å²) in [7, 11) is 1.81. The number of nitrogens with two attached hydrogens (primary N) is 1. The number of aryl methyl sites for hydroxylation is 1. The fraction of sp³-hybridized carbons (Fsp3) is 0.222. The van der Waals surface area contributed by atoms with Gasteiger partial charge in [-0.15, -0.1) is 0 Å². The number of anilines is 2. The smallest absolute Gasteiger partial charge is 0.169 e. The van der Waals surface area contributed by atoms with E-state index >= 15 is 0 Å². The highest BCUT2D eigenvalue weighted by Crippen LogP contribution is 2.15. The van der Waals surface area contributed by atoms with Crippen LogP contribution in [0.25, 0.3) is 0 Å². The molecule has 0 fully saturated rings. The van der Waals surface area contributed by atoms with E-state index < -0.39 is 0 Å². The molecule has 0 aliphatic heterocycles. The number of nitrogens with zero attached hydrogens (tertiary/aromatic N) is 4. The summed E-state index contributed by atoms with van der Waals surface area (Å²) in [5.41, 5.74) is 6.20. The Bertz CT molecular complexity index is 474. The predicted octanol–water partition coefficient (Wildman–Crippen LogP) is 1.06. The molecular formula is C9H11ClN6. The monoisotopic (exact) mass is 238 g/mol. The van der Waals surface area contributed by atoms with E-state index in [-0.39, 0.29) is 0 Å². The summed E-state index contributed by atoms with van der Waals surface area (Å²) in [6.45, 7) is 0.480. The lowest BCUT2D eigenvalue weighted by atomic mass is 10.4. The molecule has 0 unspecified atom stereocenters. The van der Waals surface area contributed by atoms with Gasteiger partial charge in [0.05, 0.1) is 6.54 Å². The van der Waals surface area contributed by atoms with Crippen molar-refractivity contribution in [2.45, 2.75) is 6.54 Å². The van der Waals surface area contributed by atoms with Crippen LogP contribution in [-0.4, -0.2) is 19.7 Å². The number of halogens is 1. The van der Waals surface area contributed by atoms with Gasteiger partial charge in [-0.05, 0) is 6.07 Å². The molecule has 0 saturated carbocycles. The highest BCUT2D eigenvalue weighted by molar-refractivity contribution is 6.29. The first-order valence-corrected chi connectivity index (χ1v) is 5.03. The zero-order valence-electron chi connectivity index (χ0n) is 8.68. The van der Waals surface area contributed by atoms with Gasteiger partial charge >= 0.3 is 0 Å². The molecule has 6 nitrogen and oxygen atoms in total. The van der Waals surface area contributed by atoms with Gasteiger partial charge in [0.2, 0.25) is 0 Å². The summed E-state index contributed by atoms with van der Waals surface area (Å²) < 4.78 is 1.64. The molecule has 0 amide bonds. The summed E-state index contributed by atoms with van der Waals surface area (Å²) in [6, 6.07) is 3.29. The molecule has 0 radical (unpaired) electrons. The van der Waals surface area contributed by atoms with Crippen LogP contribution in [0.5, 0.6) is 0 Å². The minimum Gasteiger partial charge on any atom is -0.399 e. The molecule has 2 aromatic rings. The maximum absolute atomic E-state index is 5.77. The Kier molecular flexibility index (Phi) is 2.91. The third-order valence-electron chi connectivity index (χ3n) is 1.89. The van der Waals surface area contributed by atoms with Crippen molar-refractivity contribution in [3.8, 4) is 0 Å². The number of nitrogens with one attached hydrogen (secondary N) is 1. The number of aromatic nitrogens is 4. The summed E-state index contributed by atoms with van der Waals surface area (Å²) in [5.74, 6) is 1.29. The quantitative estimate of drug-likeness (QED) is 0.782. The van der Waals surface area contributed by atoms with Crippen molar-refractivity contribution < 1.29 is 0 Å². The van der Waals surface area contributed by atoms with Gasteiger partial charge in [0.25, 0.3) is 0 Å². The van der Waals surface area contributed by atoms with Crippen LogP contribution in [0, 0.1) is 0 Å². The Morgan fingerprint density at radius 2 is 2.31 bits per heavy atom. The zero-order valence-corrected chi connectivity index (χ0v) is 9.44. The molecule has 0 spiro atoms. The Morgan fingerprint density at radius 1 is 1.50 bits per heavy atom. The first-order chi connectivity index (χ1) is 7.63. The van der Waals surface area contributed by atoms with Crippen molar-refractivity contribution in [1.82, 2.24) is 19.7 Å². The van der Waals surface area contributed by atoms with Gasteiger partial charge < -0.3 is 11.1 Å². The summed E-state index contributed by atoms with van der Waals surface area (Å²) in [6.07, 6.45) is 1.64. The van der Waals surface area contributed by atoms with Crippen molar-refractivity contribution >= 4 is 23.1 Å². The molecule has 7 heteroatoms. The molecular weight excluding hydrogens is 228 g/mol. The van der Waals surface area contributed by atoms with E-state index in [2.05, 4.69) is 20.4 Å². The number of rotatable bonds is 3. The number of hydrogen-bond donors (Lipinski definition) is 2. The van der Waals surface area contributed by atoms with Gasteiger partial charge in [-0.2, -0.15) is 5.10 Å². The fourth-order valence-corrected chi connectivity index (χ4v) is 1.46. The SMILES string of the molecule is Cn1cnc(CNc2cc(N)cc(Cl)n2)n1. The third kappa shape index (κ3) is 2.60. The second-order valence-corrected chi connectivity index (χ2v) is 3.68. The molecule has 2 aromatic heterocycles. The van der Waals surface area contributed by atoms with Gasteiger partial charge in [-0.25, -0.2) is 9.97 Å². The Labute approximate surface area is 97.5 Å². The first-order valence-electron chi connectivity index (χ1n) is 4.65. The standard InChI is InChI=1S/C9H11ClN6/c1-16-5-13-9(15-16)4-12-8-3-6(11)2-7(10)14-8/h2-3,5H,4H2,1H3,(H3,11,12,14). The van der Waals surface area contributed by atoms with Crippen LogP contribution in [0.4, 0.5) is 11.5 Å². The van der Waals surface area contributed by atoms with E-state index in [0.717, 1.165) is 0 Å². The number of hydrogen-bond acceptors (Lipinski definition) is 5. The zero-order chi connectivity index (χ0) is 11.5. The summed E-state index contributed by atoms with van der Waals surface area (Å²) in [4.78, 5) is 8.14. The van der Waals surface area contributed by atoms with E-state index in [4.69, 9.17) is 17.3 Å². The van der Waals surface area contributed by atoms with Gasteiger partial charge in [0.15, 0.2) is 5.82 Å². The van der Waals surface area contributed by atoms with Crippen molar-refractivity contribution in [2.75, 3.05) is 11.1 Å². The van der Waals surface area contributed by atoms with Crippen LogP contribution < -0.4 is 11.1 Å². The number of nitrogen functional groups attached to an aromatic ring is 1. The minimum atomic E-state index is 0.358. The van der Waals surface area contributed by atoms with Crippen LogP contribution in [0.2, 0.25) is 5.15 Å². The maximum Gasteiger partial charge on any atom is 0.169 e. The van der Waals surface area contributed by atoms with Crippen LogP contribution in [-0.2, 0) is 13.6 Å². The van der Waals surface area contributed by atoms with Crippen molar-refractivity contribution in [2.24, 2.45) is 7.05 Å². The lowest BCUT2D eigenvalue weighted by Crippen LogP contribution is -2.04. The second kappa shape index (κ2) is 4.36. The molecule has 2 heterocycles. The van der Waals surface area contributed by atoms with Crippen molar-refractivity contribution in [3.63, 3.8) is 0 Å². The van der Waals surface area contributed by atoms with E-state index in [1.807, 2.05) is 7.05 Å². The van der Waals surface area contributed by atoms with E-state index in [1.165, 1.54) is 0 Å². The minimum absolute atomic E-state index is 0.358. The highest BCUT2D eigenvalue weighted by atomic mass is 35.5. The predicted molar refractivity (Wildman–Crippen MR) is 62.0 cm³/mol. The van der Waals surface area contributed by atoms with Gasteiger partial charge in [0.1, 0.15) is 17.3 Å². The van der Waals surface area contributed by atoms with E-state index in [9.17, 15) is 0 Å². The second-order valence-electron chi connectivity index (χ2n) is 3.30. The number of pyridine rings is 1. The highest BCUT2D eigenvalue weighted by Gasteiger charge is 2.01. The van der Waals surface area contributed by atoms with Crippen molar-refractivity contribution in [1.29, 1.82) is 0 Å². The molecule has 3 N–H and O–H groups in total. The fourth-order valence-electron chi connectivity index (χ4n) is 1.24. The van der Waals surface area contributed by atoms with E-state index in [0.29, 0.717) is 29.0 Å². The van der Waals surface area contributed by atoms with Crippen LogP contribution >= 0.6 is 11.6 Å². The van der Waals surface area contributed by atoms with Crippen LogP contribution in [0.15, 0.2) is 18.5 Å². The van der Waals surface area contributed by atoms with Crippen molar-refractivity contribution in [3.05, 3.63) is 29.4 Å². The largest absolute Gasteiger partial charge is 0.399 e. The molecule has 0 aliphatic carbocycles. The first kappa shape index (κ1) is 10.7. The molecule has 0 bridgehead atoms. The van der Waals surface area contributed by atoms with E-state index in [1.54, 1.807) is 23.1 Å². The Balaban J connectivity index is 2.04. The average molecular weight is 239 g/mol. The Hall–Kier alpha value is -1.82. The molecule has 0 saturated heterocycles. The molecule has 0 aliphatic rings. The maximum atomic E-state index is 5.77. The Morgan fingerprint density at radius 3 is 2.94 bits per heavy atom. The molecule has 2 rings (SSSR count). The van der Waals surface area contributed by atoms with Crippen LogP contribution in [0.1, 0.15) is 5.82 Å². The summed E-state index contributed by atoms with van der Waals surface area (Å²) >= 11 is 5.77. The molecule has 84 valence electrons. The lowest BCUT2D eigenvalue weighted by molar-refractivity contribution is 0.747. The van der Waals surface area contributed by atoms with Crippen LogP contribution in [0.3, 0.4) is 0 Å².